The smallest absolute Gasteiger partial charge is 0.0637 e. The lowest BCUT2D eigenvalue weighted by molar-refractivity contribution is 0.155. The lowest BCUT2D eigenvalue weighted by atomic mass is 10.3. The highest BCUT2D eigenvalue weighted by atomic mass is 15.3. The van der Waals surface area contributed by atoms with Crippen LogP contribution in [0.3, 0.4) is 0 Å². The van der Waals surface area contributed by atoms with Crippen LogP contribution in [0.5, 0.6) is 0 Å². The van der Waals surface area contributed by atoms with Gasteiger partial charge in [0.05, 0.1) is 5.69 Å². The average Bonchev–Trinajstić information content (AvgIpc) is 2.77. The molecular formula is C13H25N5. The zero-order valence-corrected chi connectivity index (χ0v) is 11.6. The van der Waals surface area contributed by atoms with Gasteiger partial charge in [-0.3, -0.25) is 9.58 Å². The zero-order chi connectivity index (χ0) is 12.8. The van der Waals surface area contributed by atoms with Crippen molar-refractivity contribution < 1.29 is 0 Å². The molecule has 18 heavy (non-hydrogen) atoms. The second-order valence-electron chi connectivity index (χ2n) is 5.13. The van der Waals surface area contributed by atoms with Crippen LogP contribution in [0.25, 0.3) is 0 Å². The first kappa shape index (κ1) is 13.5. The minimum absolute atomic E-state index is 1.02. The second-order valence-corrected chi connectivity index (χ2v) is 5.13. The monoisotopic (exact) mass is 251 g/mol. The van der Waals surface area contributed by atoms with Gasteiger partial charge in [-0.1, -0.05) is 0 Å². The predicted octanol–water partition coefficient (Wildman–Crippen LogP) is -0.200. The Kier molecular flexibility index (Phi) is 5.16. The lowest BCUT2D eigenvalue weighted by Gasteiger charge is -2.32. The molecule has 5 heteroatoms. The van der Waals surface area contributed by atoms with E-state index in [1.54, 1.807) is 0 Å². The van der Waals surface area contributed by atoms with E-state index in [1.165, 1.54) is 31.9 Å². The van der Waals surface area contributed by atoms with E-state index in [2.05, 4.69) is 33.3 Å². The van der Waals surface area contributed by atoms with Crippen molar-refractivity contribution in [2.24, 2.45) is 7.05 Å². The molecule has 1 saturated heterocycles. The summed E-state index contributed by atoms with van der Waals surface area (Å²) in [5.41, 5.74) is 1.17. The highest BCUT2D eigenvalue weighted by molar-refractivity contribution is 4.98. The van der Waals surface area contributed by atoms with Gasteiger partial charge in [-0.2, -0.15) is 5.10 Å². The van der Waals surface area contributed by atoms with Gasteiger partial charge in [0.2, 0.25) is 0 Å². The van der Waals surface area contributed by atoms with Crippen LogP contribution in [-0.2, 0) is 13.5 Å². The van der Waals surface area contributed by atoms with E-state index in [4.69, 9.17) is 0 Å². The first-order valence-corrected chi connectivity index (χ1v) is 6.84. The number of likely N-dealkylation sites (N-methyl/N-ethyl adjacent to an activating group) is 1. The Morgan fingerprint density at radius 3 is 2.61 bits per heavy atom. The quantitative estimate of drug-likeness (QED) is 0.711. The Hall–Kier alpha value is -0.910. The Morgan fingerprint density at radius 1 is 1.17 bits per heavy atom. The molecule has 1 aromatic rings. The first-order valence-electron chi connectivity index (χ1n) is 6.84. The normalized spacial score (nSPS) is 18.3. The van der Waals surface area contributed by atoms with Gasteiger partial charge in [-0.25, -0.2) is 0 Å². The van der Waals surface area contributed by atoms with Crippen molar-refractivity contribution in [1.29, 1.82) is 0 Å². The summed E-state index contributed by atoms with van der Waals surface area (Å²) in [6, 6.07) is 2.09. The third-order valence-electron chi connectivity index (χ3n) is 3.53. The van der Waals surface area contributed by atoms with E-state index in [0.29, 0.717) is 0 Å². The van der Waals surface area contributed by atoms with Crippen LogP contribution in [0.4, 0.5) is 0 Å². The number of piperazine rings is 1. The average molecular weight is 251 g/mol. The van der Waals surface area contributed by atoms with Crippen molar-refractivity contribution in [2.75, 3.05) is 52.9 Å². The SMILES string of the molecule is CN1CCN(CCNCCc2ccn(C)n2)CC1. The van der Waals surface area contributed by atoms with E-state index >= 15 is 0 Å². The van der Waals surface area contributed by atoms with Crippen molar-refractivity contribution in [3.63, 3.8) is 0 Å². The highest BCUT2D eigenvalue weighted by Gasteiger charge is 2.12. The molecule has 1 aromatic heterocycles. The first-order chi connectivity index (χ1) is 8.74. The summed E-state index contributed by atoms with van der Waals surface area (Å²) in [5, 5.41) is 7.86. The Morgan fingerprint density at radius 2 is 1.94 bits per heavy atom. The third-order valence-corrected chi connectivity index (χ3v) is 3.53. The van der Waals surface area contributed by atoms with Crippen LogP contribution in [0.1, 0.15) is 5.69 Å². The molecule has 1 fully saturated rings. The maximum absolute atomic E-state index is 4.37. The fourth-order valence-corrected chi connectivity index (χ4v) is 2.25. The Labute approximate surface area is 110 Å². The molecule has 0 saturated carbocycles. The summed E-state index contributed by atoms with van der Waals surface area (Å²) in [5.74, 6) is 0. The molecule has 0 bridgehead atoms. The maximum Gasteiger partial charge on any atom is 0.0637 e. The minimum Gasteiger partial charge on any atom is -0.315 e. The molecule has 0 spiro atoms. The Bertz CT molecular complexity index is 341. The number of hydrogen-bond acceptors (Lipinski definition) is 4. The molecule has 5 nitrogen and oxygen atoms in total. The minimum atomic E-state index is 1.02. The third kappa shape index (κ3) is 4.40. The number of nitrogens with zero attached hydrogens (tertiary/aromatic N) is 4. The fraction of sp³-hybridized carbons (Fsp3) is 0.769. The van der Waals surface area contributed by atoms with Crippen LogP contribution >= 0.6 is 0 Å². The van der Waals surface area contributed by atoms with Gasteiger partial charge in [0.1, 0.15) is 0 Å². The molecule has 0 aromatic carbocycles. The van der Waals surface area contributed by atoms with Crippen molar-refractivity contribution in [1.82, 2.24) is 24.9 Å². The molecular weight excluding hydrogens is 226 g/mol. The fourth-order valence-electron chi connectivity index (χ4n) is 2.25. The summed E-state index contributed by atoms with van der Waals surface area (Å²) < 4.78 is 1.86. The van der Waals surface area contributed by atoms with Gasteiger partial charge in [-0.15, -0.1) is 0 Å². The number of nitrogens with one attached hydrogen (secondary N) is 1. The molecule has 0 amide bonds. The topological polar surface area (TPSA) is 36.3 Å². The summed E-state index contributed by atoms with van der Waals surface area (Å²) in [6.45, 7) is 8.08. The summed E-state index contributed by atoms with van der Waals surface area (Å²) in [6.07, 6.45) is 3.02. The molecule has 1 aliphatic rings. The molecule has 1 N–H and O–H groups in total. The standard InChI is InChI=1S/C13H25N5/c1-16-9-11-18(12-10-16)8-6-14-5-3-13-4-7-17(2)15-13/h4,7,14H,3,5-6,8-12H2,1-2H3. The summed E-state index contributed by atoms with van der Waals surface area (Å²) >= 11 is 0. The number of aryl methyl sites for hydroxylation is 1. The zero-order valence-electron chi connectivity index (χ0n) is 11.6. The lowest BCUT2D eigenvalue weighted by Crippen LogP contribution is -2.46. The van der Waals surface area contributed by atoms with Gasteiger partial charge in [0, 0.05) is 65.5 Å². The molecule has 2 rings (SSSR count). The van der Waals surface area contributed by atoms with E-state index in [-0.39, 0.29) is 0 Å². The van der Waals surface area contributed by atoms with E-state index in [1.807, 2.05) is 17.9 Å². The van der Waals surface area contributed by atoms with Crippen LogP contribution < -0.4 is 5.32 Å². The number of hydrogen-bond donors (Lipinski definition) is 1. The van der Waals surface area contributed by atoms with E-state index < -0.39 is 0 Å². The predicted molar refractivity (Wildman–Crippen MR) is 73.7 cm³/mol. The van der Waals surface area contributed by atoms with Crippen molar-refractivity contribution in [3.8, 4) is 0 Å². The van der Waals surface area contributed by atoms with Gasteiger partial charge in [0.15, 0.2) is 0 Å². The van der Waals surface area contributed by atoms with Crippen LogP contribution in [0.2, 0.25) is 0 Å². The molecule has 0 radical (unpaired) electrons. The van der Waals surface area contributed by atoms with Gasteiger partial charge >= 0.3 is 0 Å². The van der Waals surface area contributed by atoms with Crippen molar-refractivity contribution in [3.05, 3.63) is 18.0 Å². The van der Waals surface area contributed by atoms with Crippen molar-refractivity contribution >= 4 is 0 Å². The van der Waals surface area contributed by atoms with Gasteiger partial charge < -0.3 is 10.2 Å². The molecule has 2 heterocycles. The molecule has 1 aliphatic heterocycles. The maximum atomic E-state index is 4.37. The molecule has 0 aliphatic carbocycles. The molecule has 0 atom stereocenters. The summed E-state index contributed by atoms with van der Waals surface area (Å²) in [4.78, 5) is 4.93. The number of rotatable bonds is 6. The van der Waals surface area contributed by atoms with E-state index in [0.717, 1.165) is 26.1 Å². The second kappa shape index (κ2) is 6.87. The number of aromatic nitrogens is 2. The van der Waals surface area contributed by atoms with Gasteiger partial charge in [-0.05, 0) is 13.1 Å². The molecule has 0 unspecified atom stereocenters. The molecule has 102 valence electrons. The van der Waals surface area contributed by atoms with Gasteiger partial charge in [0.25, 0.3) is 0 Å². The van der Waals surface area contributed by atoms with Crippen LogP contribution in [0.15, 0.2) is 12.3 Å². The summed E-state index contributed by atoms with van der Waals surface area (Å²) in [7, 11) is 4.16. The highest BCUT2D eigenvalue weighted by Crippen LogP contribution is 1.97. The van der Waals surface area contributed by atoms with Crippen molar-refractivity contribution in [2.45, 2.75) is 6.42 Å². The van der Waals surface area contributed by atoms with E-state index in [9.17, 15) is 0 Å². The van der Waals surface area contributed by atoms with Crippen LogP contribution in [-0.4, -0.2) is 72.4 Å². The Balaban J connectivity index is 1.51. The van der Waals surface area contributed by atoms with Crippen LogP contribution in [0, 0.1) is 0 Å². The largest absolute Gasteiger partial charge is 0.315 e.